The van der Waals surface area contributed by atoms with Gasteiger partial charge in [-0.1, -0.05) is 12.7 Å². The molecule has 0 bridgehead atoms. The Kier molecular flexibility index (Phi) is 4.56. The molecule has 0 N–H and O–H groups in total. The molecular weight excluding hydrogens is 260 g/mol. The van der Waals surface area contributed by atoms with Crippen molar-refractivity contribution >= 4 is 5.70 Å². The van der Waals surface area contributed by atoms with E-state index in [1.165, 1.54) is 0 Å². The number of hydrogen-bond acceptors (Lipinski definition) is 2. The molecule has 0 spiro atoms. The van der Waals surface area contributed by atoms with Crippen molar-refractivity contribution in [2.45, 2.75) is 13.3 Å². The highest BCUT2D eigenvalue weighted by molar-refractivity contribution is 5.69. The Balaban J connectivity index is 2.15. The monoisotopic (exact) mass is 277 g/mol. The van der Waals surface area contributed by atoms with Crippen LogP contribution in [0, 0.1) is 0 Å². The first-order chi connectivity index (χ1) is 9.61. The Hall–Kier alpha value is -2.10. The van der Waals surface area contributed by atoms with E-state index < -0.39 is 13.0 Å². The van der Waals surface area contributed by atoms with E-state index in [0.29, 0.717) is 5.75 Å². The lowest BCUT2D eigenvalue weighted by Gasteiger charge is -2.28. The van der Waals surface area contributed by atoms with Gasteiger partial charge in [-0.25, -0.2) is 8.78 Å². The molecule has 20 heavy (non-hydrogen) atoms. The van der Waals surface area contributed by atoms with Gasteiger partial charge < -0.3 is 9.64 Å². The van der Waals surface area contributed by atoms with Crippen molar-refractivity contribution < 1.29 is 13.5 Å². The van der Waals surface area contributed by atoms with Crippen molar-refractivity contribution in [3.05, 3.63) is 60.3 Å². The van der Waals surface area contributed by atoms with E-state index in [1.807, 2.05) is 30.4 Å². The Morgan fingerprint density at radius 1 is 1.25 bits per heavy atom. The van der Waals surface area contributed by atoms with Gasteiger partial charge in [0.25, 0.3) is 6.43 Å². The predicted octanol–water partition coefficient (Wildman–Crippen LogP) is 4.08. The summed E-state index contributed by atoms with van der Waals surface area (Å²) >= 11 is 0. The summed E-state index contributed by atoms with van der Waals surface area (Å²) in [4.78, 5) is 2.09. The van der Waals surface area contributed by atoms with Crippen molar-refractivity contribution in [1.29, 1.82) is 0 Å². The molecule has 1 aliphatic rings. The third-order valence-corrected chi connectivity index (χ3v) is 3.02. The van der Waals surface area contributed by atoms with Gasteiger partial charge in [0.2, 0.25) is 0 Å². The lowest BCUT2D eigenvalue weighted by atomic mass is 10.1. The fourth-order valence-electron chi connectivity index (χ4n) is 2.09. The maximum Gasteiger partial charge on any atom is 0.272 e. The summed E-state index contributed by atoms with van der Waals surface area (Å²) in [6.07, 6.45) is 3.45. The Labute approximate surface area is 117 Å². The number of rotatable bonds is 5. The first-order valence-corrected chi connectivity index (χ1v) is 6.48. The van der Waals surface area contributed by atoms with Crippen LogP contribution in [0.5, 0.6) is 5.75 Å². The molecule has 0 unspecified atom stereocenters. The molecule has 0 aliphatic carbocycles. The zero-order valence-corrected chi connectivity index (χ0v) is 11.4. The second-order valence-electron chi connectivity index (χ2n) is 4.37. The quantitative estimate of drug-likeness (QED) is 0.804. The molecule has 2 rings (SSSR count). The molecule has 1 aromatic rings. The summed E-state index contributed by atoms with van der Waals surface area (Å²) in [6.45, 7) is 6.29. The highest BCUT2D eigenvalue weighted by Gasteiger charge is 2.14. The summed E-state index contributed by atoms with van der Waals surface area (Å²) in [6, 6.07) is 7.13. The average molecular weight is 277 g/mol. The van der Waals surface area contributed by atoms with Gasteiger partial charge in [0.15, 0.2) is 0 Å². The number of halogens is 2. The Morgan fingerprint density at radius 2 is 1.95 bits per heavy atom. The number of benzene rings is 1. The standard InChI is InChI=1S/C16H17F2NO/c1-3-19-12(2)5-4-6-15(19)13-7-9-14(10-8-13)20-11-16(17)18/h4-10,16H,2-3,11H2,1H3. The fourth-order valence-corrected chi connectivity index (χ4v) is 2.09. The molecule has 1 aromatic carbocycles. The second kappa shape index (κ2) is 6.37. The minimum atomic E-state index is -2.46. The number of allylic oxidation sites excluding steroid dienone is 3. The van der Waals surface area contributed by atoms with Crippen LogP contribution in [-0.4, -0.2) is 24.5 Å². The lowest BCUT2D eigenvalue weighted by molar-refractivity contribution is 0.0819. The Morgan fingerprint density at radius 3 is 2.55 bits per heavy atom. The zero-order valence-electron chi connectivity index (χ0n) is 11.4. The van der Waals surface area contributed by atoms with E-state index in [2.05, 4.69) is 18.4 Å². The van der Waals surface area contributed by atoms with E-state index in [-0.39, 0.29) is 0 Å². The van der Waals surface area contributed by atoms with Gasteiger partial charge in [0, 0.05) is 17.9 Å². The average Bonchev–Trinajstić information content (AvgIpc) is 2.45. The summed E-state index contributed by atoms with van der Waals surface area (Å²) < 4.78 is 29.1. The molecule has 0 atom stereocenters. The Bertz CT molecular complexity index is 532. The van der Waals surface area contributed by atoms with Crippen LogP contribution in [0.15, 0.2) is 54.8 Å². The van der Waals surface area contributed by atoms with Gasteiger partial charge in [0.1, 0.15) is 12.4 Å². The normalized spacial score (nSPS) is 14.7. The molecule has 1 aliphatic heterocycles. The summed E-state index contributed by atoms with van der Waals surface area (Å²) in [5.41, 5.74) is 2.98. The van der Waals surface area contributed by atoms with Crippen LogP contribution in [0.3, 0.4) is 0 Å². The van der Waals surface area contributed by atoms with Crippen LogP contribution in [0.2, 0.25) is 0 Å². The number of likely N-dealkylation sites (N-methyl/N-ethyl adjacent to an activating group) is 1. The molecular formula is C16H17F2NO. The predicted molar refractivity (Wildman–Crippen MR) is 76.6 cm³/mol. The van der Waals surface area contributed by atoms with Crippen molar-refractivity contribution in [3.8, 4) is 5.75 Å². The van der Waals surface area contributed by atoms with Gasteiger partial charge >= 0.3 is 0 Å². The van der Waals surface area contributed by atoms with E-state index in [4.69, 9.17) is 4.74 Å². The molecule has 0 saturated carbocycles. The first-order valence-electron chi connectivity index (χ1n) is 6.48. The van der Waals surface area contributed by atoms with Gasteiger partial charge in [-0.2, -0.15) is 0 Å². The van der Waals surface area contributed by atoms with E-state index >= 15 is 0 Å². The molecule has 106 valence electrons. The number of alkyl halides is 2. The van der Waals surface area contributed by atoms with Gasteiger partial charge in [-0.3, -0.25) is 0 Å². The SMILES string of the molecule is C=C1C=CC=C(c2ccc(OCC(F)F)cc2)N1CC. The maximum absolute atomic E-state index is 12.1. The number of hydrogen-bond donors (Lipinski definition) is 0. The largest absolute Gasteiger partial charge is 0.488 e. The van der Waals surface area contributed by atoms with Crippen molar-refractivity contribution in [3.63, 3.8) is 0 Å². The topological polar surface area (TPSA) is 12.5 Å². The van der Waals surface area contributed by atoms with Crippen LogP contribution in [0.4, 0.5) is 8.78 Å². The van der Waals surface area contributed by atoms with E-state index in [0.717, 1.165) is 23.5 Å². The molecule has 4 heteroatoms. The number of nitrogens with zero attached hydrogens (tertiary/aromatic N) is 1. The molecule has 0 radical (unpaired) electrons. The lowest BCUT2D eigenvalue weighted by Crippen LogP contribution is -2.21. The maximum atomic E-state index is 12.1. The van der Waals surface area contributed by atoms with Crippen LogP contribution in [-0.2, 0) is 0 Å². The molecule has 0 saturated heterocycles. The summed E-state index contributed by atoms with van der Waals surface area (Å²) in [5, 5.41) is 0. The van der Waals surface area contributed by atoms with Crippen LogP contribution < -0.4 is 4.74 Å². The molecule has 0 fully saturated rings. The third-order valence-electron chi connectivity index (χ3n) is 3.02. The van der Waals surface area contributed by atoms with Gasteiger partial charge in [-0.15, -0.1) is 0 Å². The molecule has 0 aromatic heterocycles. The number of ether oxygens (including phenoxy) is 1. The second-order valence-corrected chi connectivity index (χ2v) is 4.37. The molecule has 2 nitrogen and oxygen atoms in total. The van der Waals surface area contributed by atoms with Crippen LogP contribution >= 0.6 is 0 Å². The van der Waals surface area contributed by atoms with Crippen molar-refractivity contribution in [1.82, 2.24) is 4.90 Å². The van der Waals surface area contributed by atoms with E-state index in [9.17, 15) is 8.78 Å². The molecule has 0 amide bonds. The zero-order chi connectivity index (χ0) is 14.5. The van der Waals surface area contributed by atoms with Crippen LogP contribution in [0.25, 0.3) is 5.70 Å². The van der Waals surface area contributed by atoms with Crippen LogP contribution in [0.1, 0.15) is 12.5 Å². The fraction of sp³-hybridized carbons (Fsp3) is 0.250. The minimum Gasteiger partial charge on any atom is -0.488 e. The van der Waals surface area contributed by atoms with E-state index in [1.54, 1.807) is 12.1 Å². The van der Waals surface area contributed by atoms with Gasteiger partial charge in [0.05, 0.1) is 0 Å². The summed E-state index contributed by atoms with van der Waals surface area (Å²) in [5.74, 6) is 0.447. The summed E-state index contributed by atoms with van der Waals surface area (Å²) in [7, 11) is 0. The van der Waals surface area contributed by atoms with Gasteiger partial charge in [-0.05, 0) is 48.9 Å². The highest BCUT2D eigenvalue weighted by atomic mass is 19.3. The molecule has 1 heterocycles. The smallest absolute Gasteiger partial charge is 0.272 e. The van der Waals surface area contributed by atoms with Crippen molar-refractivity contribution in [2.24, 2.45) is 0 Å². The highest BCUT2D eigenvalue weighted by Crippen LogP contribution is 2.27. The minimum absolute atomic E-state index is 0.447. The first kappa shape index (κ1) is 14.3. The third kappa shape index (κ3) is 3.26. The van der Waals surface area contributed by atoms with Crippen molar-refractivity contribution in [2.75, 3.05) is 13.2 Å².